The Balaban J connectivity index is 1.82. The number of aromatic nitrogens is 3. The number of hydrogen-bond donors (Lipinski definition) is 3. The van der Waals surface area contributed by atoms with Crippen molar-refractivity contribution in [3.05, 3.63) is 39.5 Å². The number of nitrogen functional groups attached to an aromatic ring is 1. The lowest BCUT2D eigenvalue weighted by atomic mass is 9.97. The van der Waals surface area contributed by atoms with Gasteiger partial charge in [-0.3, -0.25) is 14.2 Å². The smallest absolute Gasteiger partial charge is 0.276 e. The zero-order chi connectivity index (χ0) is 18.5. The summed E-state index contributed by atoms with van der Waals surface area (Å²) in [6.45, 7) is 1.54. The molecule has 1 spiro atoms. The molecule has 26 heavy (non-hydrogen) atoms. The van der Waals surface area contributed by atoms with Gasteiger partial charge in [-0.25, -0.2) is 9.97 Å². The summed E-state index contributed by atoms with van der Waals surface area (Å²) >= 11 is 6.34. The maximum Gasteiger partial charge on any atom is 0.276 e. The van der Waals surface area contributed by atoms with Gasteiger partial charge < -0.3 is 21.3 Å². The van der Waals surface area contributed by atoms with Crippen LogP contribution in [0.25, 0.3) is 0 Å². The molecule has 136 valence electrons. The molecule has 1 amide bonds. The lowest BCUT2D eigenvalue weighted by molar-refractivity contribution is 0.0799. The van der Waals surface area contributed by atoms with Crippen molar-refractivity contribution in [2.45, 2.75) is 18.5 Å². The number of anilines is 3. The van der Waals surface area contributed by atoms with Gasteiger partial charge >= 0.3 is 0 Å². The first-order valence-electron chi connectivity index (χ1n) is 8.21. The molecule has 1 saturated heterocycles. The van der Waals surface area contributed by atoms with Crippen LogP contribution in [-0.4, -0.2) is 45.5 Å². The van der Waals surface area contributed by atoms with Gasteiger partial charge in [0.15, 0.2) is 0 Å². The molecule has 9 nitrogen and oxygen atoms in total. The van der Waals surface area contributed by atoms with Gasteiger partial charge in [-0.15, -0.1) is 0 Å². The number of pyridine rings is 1. The highest BCUT2D eigenvalue weighted by molar-refractivity contribution is 6.34. The first kappa shape index (κ1) is 16.8. The Kier molecular flexibility index (Phi) is 3.85. The minimum Gasteiger partial charge on any atom is -0.384 e. The number of carbonyl (C=O) groups is 1. The third-order valence-electron chi connectivity index (χ3n) is 4.91. The van der Waals surface area contributed by atoms with Crippen molar-refractivity contribution in [2.75, 3.05) is 31.2 Å². The number of fused-ring (bicyclic) bond motifs is 2. The highest BCUT2D eigenvalue weighted by Crippen LogP contribution is 2.35. The van der Waals surface area contributed by atoms with E-state index in [-0.39, 0.29) is 33.7 Å². The van der Waals surface area contributed by atoms with Crippen LogP contribution in [0, 0.1) is 0 Å². The van der Waals surface area contributed by atoms with E-state index in [1.807, 2.05) is 7.05 Å². The molecule has 0 atom stereocenters. The maximum atomic E-state index is 13.2. The lowest BCUT2D eigenvalue weighted by Gasteiger charge is -2.39. The van der Waals surface area contributed by atoms with Crippen LogP contribution in [0.5, 0.6) is 0 Å². The SMILES string of the molecule is CN1CCC2(CC1)NC(=O)c1c(Cl)cc(Nc3cc(N)ncn3)c(=O)n12. The summed E-state index contributed by atoms with van der Waals surface area (Å²) in [5, 5.41) is 6.12. The lowest BCUT2D eigenvalue weighted by Crippen LogP contribution is -2.53. The minimum atomic E-state index is -0.748. The highest BCUT2D eigenvalue weighted by Gasteiger charge is 2.46. The van der Waals surface area contributed by atoms with Gasteiger partial charge in [0, 0.05) is 32.0 Å². The molecule has 0 aliphatic carbocycles. The molecule has 2 aromatic heterocycles. The number of nitrogens with zero attached hydrogens (tertiary/aromatic N) is 4. The summed E-state index contributed by atoms with van der Waals surface area (Å²) in [5.41, 5.74) is 5.01. The number of likely N-dealkylation sites (tertiary alicyclic amines) is 1. The van der Waals surface area contributed by atoms with Crippen LogP contribution in [0.2, 0.25) is 5.02 Å². The van der Waals surface area contributed by atoms with E-state index in [2.05, 4.69) is 25.5 Å². The van der Waals surface area contributed by atoms with Crippen molar-refractivity contribution >= 4 is 34.8 Å². The summed E-state index contributed by atoms with van der Waals surface area (Å²) in [4.78, 5) is 35.7. The molecule has 0 aromatic carbocycles. The molecule has 0 bridgehead atoms. The largest absolute Gasteiger partial charge is 0.384 e. The number of rotatable bonds is 2. The fraction of sp³-hybridized carbons (Fsp3) is 0.375. The predicted octanol–water partition coefficient (Wildman–Crippen LogP) is 0.739. The molecule has 0 radical (unpaired) electrons. The fourth-order valence-electron chi connectivity index (χ4n) is 3.54. The summed E-state index contributed by atoms with van der Waals surface area (Å²) in [6.07, 6.45) is 2.55. The van der Waals surface area contributed by atoms with Crippen LogP contribution in [0.1, 0.15) is 23.3 Å². The van der Waals surface area contributed by atoms with Crippen LogP contribution >= 0.6 is 11.6 Å². The molecule has 0 unspecified atom stereocenters. The summed E-state index contributed by atoms with van der Waals surface area (Å²) < 4.78 is 1.50. The Morgan fingerprint density at radius 3 is 2.69 bits per heavy atom. The number of halogens is 1. The molecule has 2 aromatic rings. The normalized spacial score (nSPS) is 18.6. The number of nitrogens with two attached hydrogens (primary N) is 1. The van der Waals surface area contributed by atoms with E-state index in [4.69, 9.17) is 17.3 Å². The van der Waals surface area contributed by atoms with E-state index >= 15 is 0 Å². The average molecular weight is 376 g/mol. The maximum absolute atomic E-state index is 13.2. The number of amides is 1. The Bertz CT molecular complexity index is 950. The summed E-state index contributed by atoms with van der Waals surface area (Å²) in [5.74, 6) is 0.328. The second-order valence-electron chi connectivity index (χ2n) is 6.64. The van der Waals surface area contributed by atoms with Gasteiger partial charge in [-0.1, -0.05) is 11.6 Å². The quantitative estimate of drug-likeness (QED) is 0.708. The first-order valence-corrected chi connectivity index (χ1v) is 8.59. The molecule has 4 heterocycles. The highest BCUT2D eigenvalue weighted by atomic mass is 35.5. The van der Waals surface area contributed by atoms with E-state index in [0.29, 0.717) is 18.7 Å². The molecule has 2 aliphatic heterocycles. The molecular weight excluding hydrogens is 358 g/mol. The van der Waals surface area contributed by atoms with Gasteiger partial charge in [0.1, 0.15) is 35.0 Å². The molecule has 4 rings (SSSR count). The summed E-state index contributed by atoms with van der Waals surface area (Å²) in [7, 11) is 2.01. The van der Waals surface area contributed by atoms with E-state index in [1.54, 1.807) is 0 Å². The topological polar surface area (TPSA) is 118 Å². The number of nitrogens with one attached hydrogen (secondary N) is 2. The summed E-state index contributed by atoms with van der Waals surface area (Å²) in [6, 6.07) is 2.96. The molecule has 0 saturated carbocycles. The van der Waals surface area contributed by atoms with Crippen LogP contribution < -0.4 is 21.9 Å². The Morgan fingerprint density at radius 1 is 1.27 bits per heavy atom. The van der Waals surface area contributed by atoms with E-state index < -0.39 is 5.66 Å². The Labute approximate surface area is 154 Å². The van der Waals surface area contributed by atoms with Crippen molar-refractivity contribution in [3.63, 3.8) is 0 Å². The van der Waals surface area contributed by atoms with Crippen molar-refractivity contribution in [2.24, 2.45) is 0 Å². The molecule has 10 heteroatoms. The molecule has 1 fully saturated rings. The molecule has 2 aliphatic rings. The van der Waals surface area contributed by atoms with Crippen molar-refractivity contribution in [3.8, 4) is 0 Å². The molecular formula is C16H18ClN7O2. The van der Waals surface area contributed by atoms with Crippen molar-refractivity contribution < 1.29 is 4.79 Å². The van der Waals surface area contributed by atoms with E-state index in [1.165, 1.54) is 23.0 Å². The fourth-order valence-corrected chi connectivity index (χ4v) is 3.82. The zero-order valence-electron chi connectivity index (χ0n) is 14.1. The standard InChI is InChI=1S/C16H18ClN7O2/c1-23-4-2-16(3-5-23)22-14(25)13-9(17)6-10(15(26)24(13)16)21-12-7-11(18)19-8-20-12/h6-8H,2-5H2,1H3,(H,22,25)(H3,18,19,20,21). The van der Waals surface area contributed by atoms with Gasteiger partial charge in [0.05, 0.1) is 5.02 Å². The van der Waals surface area contributed by atoms with Crippen molar-refractivity contribution in [1.29, 1.82) is 0 Å². The van der Waals surface area contributed by atoms with Crippen LogP contribution in [0.3, 0.4) is 0 Å². The number of piperidine rings is 1. The van der Waals surface area contributed by atoms with Crippen LogP contribution in [-0.2, 0) is 5.66 Å². The Hall–Kier alpha value is -2.65. The van der Waals surface area contributed by atoms with Gasteiger partial charge in [-0.2, -0.15) is 0 Å². The molecule has 4 N–H and O–H groups in total. The Morgan fingerprint density at radius 2 is 2.00 bits per heavy atom. The second-order valence-corrected chi connectivity index (χ2v) is 7.04. The predicted molar refractivity (Wildman–Crippen MR) is 97.6 cm³/mol. The van der Waals surface area contributed by atoms with Crippen LogP contribution in [0.4, 0.5) is 17.3 Å². The zero-order valence-corrected chi connectivity index (χ0v) is 14.9. The second kappa shape index (κ2) is 5.96. The number of carbonyl (C=O) groups excluding carboxylic acids is 1. The third-order valence-corrected chi connectivity index (χ3v) is 5.20. The number of hydrogen-bond acceptors (Lipinski definition) is 7. The average Bonchev–Trinajstić information content (AvgIpc) is 2.88. The van der Waals surface area contributed by atoms with Crippen LogP contribution in [0.15, 0.2) is 23.3 Å². The van der Waals surface area contributed by atoms with Gasteiger partial charge in [0.2, 0.25) is 0 Å². The monoisotopic (exact) mass is 375 g/mol. The van der Waals surface area contributed by atoms with Gasteiger partial charge in [-0.05, 0) is 13.1 Å². The van der Waals surface area contributed by atoms with Gasteiger partial charge in [0.25, 0.3) is 11.5 Å². The minimum absolute atomic E-state index is 0.203. The first-order chi connectivity index (χ1) is 12.4. The van der Waals surface area contributed by atoms with E-state index in [0.717, 1.165) is 13.1 Å². The van der Waals surface area contributed by atoms with E-state index in [9.17, 15) is 9.59 Å². The van der Waals surface area contributed by atoms with Crippen molar-refractivity contribution in [1.82, 2.24) is 24.8 Å². The third kappa shape index (κ3) is 2.60.